The first-order valence-electron chi connectivity index (χ1n) is 8.84. The predicted octanol–water partition coefficient (Wildman–Crippen LogP) is 4.56. The van der Waals surface area contributed by atoms with E-state index >= 15 is 0 Å². The van der Waals surface area contributed by atoms with Crippen molar-refractivity contribution in [1.29, 1.82) is 0 Å². The molecule has 2 heterocycles. The molecule has 0 atom stereocenters. The van der Waals surface area contributed by atoms with Crippen LogP contribution in [-0.4, -0.2) is 22.8 Å². The first-order valence-corrected chi connectivity index (χ1v) is 10.3. The molecule has 0 radical (unpaired) electrons. The van der Waals surface area contributed by atoms with Crippen molar-refractivity contribution in [2.75, 3.05) is 0 Å². The van der Waals surface area contributed by atoms with Gasteiger partial charge in [-0.1, -0.05) is 12.1 Å². The highest BCUT2D eigenvalue weighted by molar-refractivity contribution is 7.91. The molecule has 5 nitrogen and oxygen atoms in total. The average molecular weight is 409 g/mol. The fourth-order valence-corrected chi connectivity index (χ4v) is 4.81. The number of halogens is 3. The number of benzene rings is 1. The van der Waals surface area contributed by atoms with E-state index < -0.39 is 26.5 Å². The zero-order chi connectivity index (χ0) is 20.1. The number of alkyl halides is 3. The van der Waals surface area contributed by atoms with Gasteiger partial charge in [0, 0.05) is 18.5 Å². The number of nitrogens with zero attached hydrogens (tertiary/aromatic N) is 3. The van der Waals surface area contributed by atoms with Gasteiger partial charge in [0.1, 0.15) is 5.82 Å². The smallest absolute Gasteiger partial charge is 0.307 e. The summed E-state index contributed by atoms with van der Waals surface area (Å²) in [6.45, 7) is 1.85. The van der Waals surface area contributed by atoms with Crippen LogP contribution >= 0.6 is 0 Å². The lowest BCUT2D eigenvalue weighted by atomic mass is 9.93. The van der Waals surface area contributed by atoms with Crippen LogP contribution in [0, 0.1) is 6.92 Å². The van der Waals surface area contributed by atoms with E-state index in [1.165, 1.54) is 30.6 Å². The standard InChI is InChI=1S/C19H18F3N3O2S/c1-13-11-18(25(23-13)14-5-4-6-14)24-10-9-15(12-24)28(26,27)17-8-3-2-7-16(17)19(20,21)22/h2-3,7-12,14H,4-6H2,1H3. The van der Waals surface area contributed by atoms with Crippen LogP contribution in [0.5, 0.6) is 0 Å². The van der Waals surface area contributed by atoms with Crippen molar-refractivity contribution in [2.45, 2.75) is 48.2 Å². The maximum absolute atomic E-state index is 13.3. The fourth-order valence-electron chi connectivity index (χ4n) is 3.34. The topological polar surface area (TPSA) is 56.9 Å². The van der Waals surface area contributed by atoms with Crippen molar-refractivity contribution in [2.24, 2.45) is 0 Å². The van der Waals surface area contributed by atoms with E-state index in [0.717, 1.165) is 37.1 Å². The van der Waals surface area contributed by atoms with Crippen molar-refractivity contribution in [3.8, 4) is 5.82 Å². The van der Waals surface area contributed by atoms with E-state index in [1.54, 1.807) is 4.57 Å². The Labute approximate surface area is 160 Å². The third-order valence-electron chi connectivity index (χ3n) is 4.98. The molecule has 0 N–H and O–H groups in total. The SMILES string of the molecule is Cc1cc(-n2ccc(S(=O)(=O)c3ccccc3C(F)(F)F)c2)n(C2CCC2)n1. The maximum Gasteiger partial charge on any atom is 0.417 e. The Kier molecular flexibility index (Phi) is 4.37. The number of aryl methyl sites for hydroxylation is 1. The van der Waals surface area contributed by atoms with Gasteiger partial charge >= 0.3 is 6.18 Å². The van der Waals surface area contributed by atoms with Crippen LogP contribution in [0.15, 0.2) is 58.6 Å². The Morgan fingerprint density at radius 1 is 1.14 bits per heavy atom. The lowest BCUT2D eigenvalue weighted by Gasteiger charge is -2.27. The van der Waals surface area contributed by atoms with Crippen LogP contribution in [0.25, 0.3) is 5.82 Å². The molecule has 28 heavy (non-hydrogen) atoms. The van der Waals surface area contributed by atoms with Crippen molar-refractivity contribution in [3.63, 3.8) is 0 Å². The van der Waals surface area contributed by atoms with Gasteiger partial charge in [-0.2, -0.15) is 18.3 Å². The van der Waals surface area contributed by atoms with E-state index in [9.17, 15) is 21.6 Å². The monoisotopic (exact) mass is 409 g/mol. The van der Waals surface area contributed by atoms with Crippen LogP contribution in [-0.2, 0) is 16.0 Å². The zero-order valence-corrected chi connectivity index (χ0v) is 15.8. The van der Waals surface area contributed by atoms with Gasteiger partial charge in [-0.3, -0.25) is 0 Å². The molecule has 0 unspecified atom stereocenters. The molecular formula is C19H18F3N3O2S. The second-order valence-corrected chi connectivity index (χ2v) is 8.84. The molecule has 1 saturated carbocycles. The molecule has 0 spiro atoms. The highest BCUT2D eigenvalue weighted by atomic mass is 32.2. The van der Waals surface area contributed by atoms with Gasteiger partial charge < -0.3 is 4.57 Å². The minimum atomic E-state index is -4.76. The number of hydrogen-bond donors (Lipinski definition) is 0. The molecule has 0 bridgehead atoms. The maximum atomic E-state index is 13.3. The molecule has 3 aromatic rings. The van der Waals surface area contributed by atoms with Crippen LogP contribution in [0.2, 0.25) is 0 Å². The third kappa shape index (κ3) is 3.13. The van der Waals surface area contributed by atoms with Gasteiger partial charge in [-0.15, -0.1) is 0 Å². The lowest BCUT2D eigenvalue weighted by molar-refractivity contribution is -0.139. The Hall–Kier alpha value is -2.55. The zero-order valence-electron chi connectivity index (χ0n) is 15.0. The van der Waals surface area contributed by atoms with Gasteiger partial charge in [-0.25, -0.2) is 13.1 Å². The highest BCUT2D eigenvalue weighted by Crippen LogP contribution is 2.37. The average Bonchev–Trinajstić information content (AvgIpc) is 3.20. The Morgan fingerprint density at radius 3 is 2.50 bits per heavy atom. The van der Waals surface area contributed by atoms with Gasteiger partial charge in [-0.05, 0) is 44.4 Å². The summed E-state index contributed by atoms with van der Waals surface area (Å²) in [7, 11) is -4.33. The van der Waals surface area contributed by atoms with Gasteiger partial charge in [0.05, 0.1) is 27.1 Å². The second kappa shape index (κ2) is 6.51. The number of hydrogen-bond acceptors (Lipinski definition) is 3. The summed E-state index contributed by atoms with van der Waals surface area (Å²) in [4.78, 5) is -0.938. The molecule has 1 aliphatic rings. The van der Waals surface area contributed by atoms with Crippen molar-refractivity contribution in [3.05, 3.63) is 60.0 Å². The first-order chi connectivity index (χ1) is 13.2. The molecule has 1 fully saturated rings. The third-order valence-corrected chi connectivity index (χ3v) is 6.78. The minimum Gasteiger partial charge on any atom is -0.307 e. The quantitative estimate of drug-likeness (QED) is 0.635. The number of sulfone groups is 1. The molecule has 1 aliphatic carbocycles. The van der Waals surface area contributed by atoms with Gasteiger partial charge in [0.25, 0.3) is 0 Å². The van der Waals surface area contributed by atoms with Crippen LogP contribution in [0.1, 0.15) is 36.6 Å². The molecule has 2 aromatic heterocycles. The lowest BCUT2D eigenvalue weighted by Crippen LogP contribution is -2.20. The predicted molar refractivity (Wildman–Crippen MR) is 96.1 cm³/mol. The van der Waals surface area contributed by atoms with Crippen LogP contribution in [0.3, 0.4) is 0 Å². The first kappa shape index (κ1) is 18.8. The molecule has 9 heteroatoms. The molecule has 0 amide bonds. The summed E-state index contributed by atoms with van der Waals surface area (Å²) < 4.78 is 69.1. The Balaban J connectivity index is 1.77. The van der Waals surface area contributed by atoms with E-state index in [-0.39, 0.29) is 10.9 Å². The Bertz CT molecular complexity index is 1130. The Morgan fingerprint density at radius 2 is 1.86 bits per heavy atom. The van der Waals surface area contributed by atoms with Crippen LogP contribution in [0.4, 0.5) is 13.2 Å². The molecule has 0 aliphatic heterocycles. The summed E-state index contributed by atoms with van der Waals surface area (Å²) in [5.74, 6) is 0.702. The summed E-state index contributed by atoms with van der Waals surface area (Å²) in [6, 6.07) is 7.63. The molecule has 4 rings (SSSR count). The van der Waals surface area contributed by atoms with Gasteiger partial charge in [0.2, 0.25) is 9.84 Å². The van der Waals surface area contributed by atoms with Crippen molar-refractivity contribution < 1.29 is 21.6 Å². The van der Waals surface area contributed by atoms with E-state index in [0.29, 0.717) is 5.82 Å². The normalized spacial score (nSPS) is 15.6. The fraction of sp³-hybridized carbons (Fsp3) is 0.316. The summed E-state index contributed by atoms with van der Waals surface area (Å²) >= 11 is 0. The molecule has 148 valence electrons. The van der Waals surface area contributed by atoms with Crippen LogP contribution < -0.4 is 0 Å². The van der Waals surface area contributed by atoms with E-state index in [4.69, 9.17) is 0 Å². The van der Waals surface area contributed by atoms with Gasteiger partial charge in [0.15, 0.2) is 0 Å². The van der Waals surface area contributed by atoms with Crippen molar-refractivity contribution >= 4 is 9.84 Å². The van der Waals surface area contributed by atoms with E-state index in [1.807, 2.05) is 17.7 Å². The van der Waals surface area contributed by atoms with Crippen molar-refractivity contribution in [1.82, 2.24) is 14.3 Å². The van der Waals surface area contributed by atoms with E-state index in [2.05, 4.69) is 5.10 Å². The summed E-state index contributed by atoms with van der Waals surface area (Å²) in [5, 5.41) is 4.48. The largest absolute Gasteiger partial charge is 0.417 e. The summed E-state index contributed by atoms with van der Waals surface area (Å²) in [5.41, 5.74) is -0.375. The minimum absolute atomic E-state index is 0.191. The highest BCUT2D eigenvalue weighted by Gasteiger charge is 2.37. The summed E-state index contributed by atoms with van der Waals surface area (Å²) in [6.07, 6.45) is 1.23. The molecular weight excluding hydrogens is 391 g/mol. The molecule has 0 saturated heterocycles. The molecule has 1 aromatic carbocycles. The second-order valence-electron chi connectivity index (χ2n) is 6.93. The number of aromatic nitrogens is 3. The number of rotatable bonds is 4.